The lowest BCUT2D eigenvalue weighted by molar-refractivity contribution is -0.352. The third-order valence-electron chi connectivity index (χ3n) is 23.3. The number of ether oxygens (including phenoxy) is 12. The molecule has 45 heteroatoms. The minimum Gasteiger partial charge on any atom is -0.462 e. The minimum absolute atomic E-state index is 0.0312. The predicted octanol–water partition coefficient (Wildman–Crippen LogP) is -6.93. The molecule has 12 unspecified atom stereocenters. The highest BCUT2D eigenvalue weighted by molar-refractivity contribution is 5.89. The van der Waals surface area contributed by atoms with E-state index in [0.717, 1.165) is 0 Å². The third-order valence-corrected chi connectivity index (χ3v) is 23.3. The van der Waals surface area contributed by atoms with Crippen molar-refractivity contribution in [2.24, 2.45) is 0 Å². The van der Waals surface area contributed by atoms with Gasteiger partial charge in [-0.15, -0.1) is 0 Å². The summed E-state index contributed by atoms with van der Waals surface area (Å²) >= 11 is 0. The Hall–Kier alpha value is -8.56. The van der Waals surface area contributed by atoms with Crippen LogP contribution in [-0.2, 0) is 55.0 Å². The van der Waals surface area contributed by atoms with Crippen molar-refractivity contribution >= 4 is 22.3 Å². The standard InChI is InChI=1S/C82H92F6N4O35/c83-81(84,85)32-16-31(17-33(21-32)82(86,87)88)52-42-15-13-40(91-42)50(29-5-2-8-35(19-29)117-76-70(114)64(108)73(47(26-97)123-76)126-79-67(111)61(105)56(100)44(23-94)120-79)38-11-10-37(89-38)49(28-4-1-7-34(18-28)116-75-69(113)63(107)72(46(25-96)122-75)125-78-66(110)60(104)55(99)43(22-93)119-78)39-12-14-41(90-39)51(53-58(102)59(103)54(52)92-53)30-6-3-9-36(20-30)118-77-71(115)65(109)74(48(27-98)124-77)127-80-68(112)62(106)57(101)45(24-95)121-80/h1-21,43-48,55-80,89-115H,22-27H2/t43?,44?,45?,46?,47?,48?,55-,56-,57-,58+,59-,60-,61-,62-,63+,64+,65+,66?,67?,68?,69?,70?,71?,72+,73+,74+,75+,76+,77+,78-,79-,80-/m0/s1. The van der Waals surface area contributed by atoms with Crippen molar-refractivity contribution in [3.05, 3.63) is 206 Å². The van der Waals surface area contributed by atoms with Gasteiger partial charge in [-0.2, -0.15) is 26.3 Å². The van der Waals surface area contributed by atoms with Gasteiger partial charge < -0.3 is 195 Å². The first-order valence-corrected chi connectivity index (χ1v) is 39.8. The van der Waals surface area contributed by atoms with Crippen molar-refractivity contribution < 1.29 is 201 Å². The van der Waals surface area contributed by atoms with Crippen molar-refractivity contribution in [3.63, 3.8) is 0 Å². The average molecular weight is 1810 g/mol. The van der Waals surface area contributed by atoms with Crippen molar-refractivity contribution in [3.8, 4) is 17.2 Å². The van der Waals surface area contributed by atoms with Crippen molar-refractivity contribution in [2.75, 3.05) is 39.6 Å². The first-order chi connectivity index (χ1) is 60.4. The number of aromatic nitrogens is 3. The van der Waals surface area contributed by atoms with Crippen molar-refractivity contribution in [2.45, 2.75) is 209 Å². The van der Waals surface area contributed by atoms with E-state index in [1.54, 1.807) is 12.1 Å². The van der Waals surface area contributed by atoms with Gasteiger partial charge in [0.25, 0.3) is 0 Å². The number of benzene rings is 4. The number of alkyl halides is 6. The summed E-state index contributed by atoms with van der Waals surface area (Å²) < 4.78 is 161. The molecule has 39 nitrogen and oxygen atoms in total. The fourth-order valence-corrected chi connectivity index (χ4v) is 16.5. The largest absolute Gasteiger partial charge is 0.462 e. The highest BCUT2D eigenvalue weighted by Crippen LogP contribution is 2.45. The zero-order valence-electron chi connectivity index (χ0n) is 65.8. The lowest BCUT2D eigenvalue weighted by Crippen LogP contribution is -2.65. The lowest BCUT2D eigenvalue weighted by atomic mass is 9.94. The van der Waals surface area contributed by atoms with E-state index in [1.807, 2.05) is 0 Å². The van der Waals surface area contributed by atoms with Crippen molar-refractivity contribution in [1.82, 2.24) is 20.3 Å². The first-order valence-electron chi connectivity index (χ1n) is 39.8. The van der Waals surface area contributed by atoms with Gasteiger partial charge in [0.2, 0.25) is 18.9 Å². The van der Waals surface area contributed by atoms with Gasteiger partial charge >= 0.3 is 12.4 Å². The van der Waals surface area contributed by atoms with Crippen LogP contribution < -0.4 is 30.2 Å². The fraction of sp³-hybridized carbons (Fsp3) is 0.488. The smallest absolute Gasteiger partial charge is 0.416 e. The van der Waals surface area contributed by atoms with E-state index in [-0.39, 0.29) is 90.2 Å². The van der Waals surface area contributed by atoms with Crippen LogP contribution in [-0.4, -0.2) is 368 Å². The van der Waals surface area contributed by atoms with E-state index in [9.17, 15) is 117 Å². The summed E-state index contributed by atoms with van der Waals surface area (Å²) in [7, 11) is 0. The number of aliphatic hydroxyl groups is 23. The summed E-state index contributed by atoms with van der Waals surface area (Å²) in [6.07, 6.45) is -71.6. The highest BCUT2D eigenvalue weighted by atomic mass is 19.4. The minimum atomic E-state index is -5.48. The maximum atomic E-state index is 15.2. The van der Waals surface area contributed by atoms with E-state index in [4.69, 9.17) is 56.8 Å². The molecule has 0 amide bonds. The molecule has 32 atom stereocenters. The van der Waals surface area contributed by atoms with Crippen LogP contribution in [0.5, 0.6) is 17.2 Å². The number of nitrogens with one attached hydrogen (secondary N) is 4. The quantitative estimate of drug-likeness (QED) is 0.0280. The van der Waals surface area contributed by atoms with Gasteiger partial charge in [0, 0.05) is 55.8 Å². The van der Waals surface area contributed by atoms with Gasteiger partial charge in [0.1, 0.15) is 176 Å². The Balaban J connectivity index is 0.869. The van der Waals surface area contributed by atoms with Gasteiger partial charge in [-0.1, -0.05) is 36.4 Å². The Morgan fingerprint density at radius 3 is 0.850 bits per heavy atom. The molecule has 127 heavy (non-hydrogen) atoms. The molecule has 7 aromatic rings. The zero-order valence-corrected chi connectivity index (χ0v) is 65.8. The van der Waals surface area contributed by atoms with Crippen molar-refractivity contribution in [1.29, 1.82) is 0 Å². The van der Waals surface area contributed by atoms with Crippen LogP contribution >= 0.6 is 0 Å². The van der Waals surface area contributed by atoms with Crippen LogP contribution in [0.1, 0.15) is 56.2 Å². The SMILES string of the molecule is OCC1O[C@@H](Oc2cccc(C3=C4NC(=C(c5cc(C(F)(F)F)cc(C(F)(F)F)c5)c5ccc([nH]5)C(c5cccc(O[C@@H]6OC(CO)[C@@H](O[C@@H]7OC(CO)[C@H](O)[C@H](O)C7O)[C@H](O)C6O)c5)=c5ccc([nH]5)=C(c5cccc(O[C@@H]6OC(CO)[C@@H](O[C@@H]7OC(CO)[C@H](O)[C@H](O)C7O)[C@H](O)C6O)c5)c5ccc3[nH]5)[C@H](O)[C@@H]4O)c2)C(O)[C@@H](O)[C@@H]1O[C@@H]1OC(CO)[C@H](O)[C@H](O)C1O. The van der Waals surface area contributed by atoms with E-state index < -0.39 is 282 Å². The Labute approximate surface area is 712 Å². The maximum Gasteiger partial charge on any atom is 0.416 e. The number of H-pyrrole nitrogens is 3. The summed E-state index contributed by atoms with van der Waals surface area (Å²) in [5.74, 6) is -0.566. The number of halogens is 6. The van der Waals surface area contributed by atoms with Crippen LogP contribution in [0.3, 0.4) is 0 Å². The normalized spacial score (nSPS) is 36.3. The molecule has 8 bridgehead atoms. The molecule has 7 saturated heterocycles. The van der Waals surface area contributed by atoms with E-state index in [0.29, 0.717) is 12.1 Å². The molecule has 7 fully saturated rings. The summed E-state index contributed by atoms with van der Waals surface area (Å²) in [6, 6.07) is 26.1. The summed E-state index contributed by atoms with van der Waals surface area (Å²) in [4.78, 5) is 9.85. The highest BCUT2D eigenvalue weighted by Gasteiger charge is 2.56. The number of hydrogen-bond acceptors (Lipinski definition) is 36. The molecule has 11 heterocycles. The van der Waals surface area contributed by atoms with Gasteiger partial charge in [0.05, 0.1) is 62.2 Å². The second-order valence-electron chi connectivity index (χ2n) is 31.4. The lowest BCUT2D eigenvalue weighted by Gasteiger charge is -2.45. The molecular formula is C82H92F6N4O35. The zero-order chi connectivity index (χ0) is 91.0. The summed E-state index contributed by atoms with van der Waals surface area (Å²) in [5.41, 5.74) is -6.07. The fourth-order valence-electron chi connectivity index (χ4n) is 16.5. The summed E-state index contributed by atoms with van der Waals surface area (Å²) in [5, 5.41) is 256. The summed E-state index contributed by atoms with van der Waals surface area (Å²) in [6.45, 7) is -5.57. The average Bonchev–Trinajstić information content (AvgIpc) is 1.60. The second-order valence-corrected chi connectivity index (χ2v) is 31.4. The predicted molar refractivity (Wildman–Crippen MR) is 409 cm³/mol. The molecule has 8 aliphatic rings. The number of aromatic amines is 3. The van der Waals surface area contributed by atoms with Crippen LogP contribution in [0.25, 0.3) is 22.3 Å². The van der Waals surface area contributed by atoms with Crippen LogP contribution in [0, 0.1) is 0 Å². The van der Waals surface area contributed by atoms with E-state index >= 15 is 26.3 Å². The van der Waals surface area contributed by atoms with Crippen LogP contribution in [0.15, 0.2) is 139 Å². The molecule has 27 N–H and O–H groups in total. The molecule has 3 aromatic heterocycles. The van der Waals surface area contributed by atoms with Crippen LogP contribution in [0.4, 0.5) is 26.3 Å². The van der Waals surface area contributed by atoms with E-state index in [1.165, 1.54) is 97.1 Å². The third kappa shape index (κ3) is 18.3. The Kier molecular flexibility index (Phi) is 27.7. The van der Waals surface area contributed by atoms with Gasteiger partial charge in [-0.25, -0.2) is 0 Å². The number of rotatable bonds is 22. The molecule has 0 aliphatic carbocycles. The van der Waals surface area contributed by atoms with Gasteiger partial charge in [-0.3, -0.25) is 0 Å². The second kappa shape index (κ2) is 37.7. The maximum absolute atomic E-state index is 15.2. The number of fused-ring (bicyclic) bond motifs is 8. The van der Waals surface area contributed by atoms with E-state index in [2.05, 4.69) is 20.3 Å². The number of hydrogen-bond donors (Lipinski definition) is 27. The van der Waals surface area contributed by atoms with Crippen LogP contribution in [0.2, 0.25) is 0 Å². The topological polar surface area (TPSA) is 635 Å². The Morgan fingerprint density at radius 1 is 0.276 bits per heavy atom. The Bertz CT molecular complexity index is 5170. The molecule has 0 spiro atoms. The molecule has 15 rings (SSSR count). The van der Waals surface area contributed by atoms with Gasteiger partial charge in [-0.05, 0) is 113 Å². The molecular weight excluding hydrogens is 1710 g/mol. The van der Waals surface area contributed by atoms with Gasteiger partial charge in [0.15, 0.2) is 18.9 Å². The first kappa shape index (κ1) is 93.1. The monoisotopic (exact) mass is 1810 g/mol. The molecule has 692 valence electrons. The number of aliphatic hydroxyl groups excluding tert-OH is 23. The molecule has 0 saturated carbocycles. The molecule has 0 radical (unpaired) electrons. The molecule has 8 aliphatic heterocycles. The molecule has 4 aromatic carbocycles. The Morgan fingerprint density at radius 2 is 0.551 bits per heavy atom.